The summed E-state index contributed by atoms with van der Waals surface area (Å²) in [7, 11) is -6.56. The zero-order valence-electron chi connectivity index (χ0n) is 25.0. The van der Waals surface area contributed by atoms with Crippen LogP contribution in [-0.4, -0.2) is 76.7 Å². The number of rotatable bonds is 15. The van der Waals surface area contributed by atoms with Crippen molar-refractivity contribution in [3.05, 3.63) is 83.4 Å². The van der Waals surface area contributed by atoms with Gasteiger partial charge in [0.15, 0.2) is 0 Å². The predicted molar refractivity (Wildman–Crippen MR) is 178 cm³/mol. The number of aromatic nitrogens is 1. The molecule has 0 aliphatic rings. The topological polar surface area (TPSA) is 273 Å². The third-order valence-corrected chi connectivity index (χ3v) is 9.98. The number of nitrogens with zero attached hydrogens (tertiary/aromatic N) is 2. The van der Waals surface area contributed by atoms with Crippen LogP contribution in [0.5, 0.6) is 0 Å². The Bertz CT molecular complexity index is 1780. The number of nitrogens with two attached hydrogens (primary N) is 2. The highest BCUT2D eigenvalue weighted by molar-refractivity contribution is 7.98. The van der Waals surface area contributed by atoms with E-state index in [1.165, 1.54) is 36.6 Å². The van der Waals surface area contributed by atoms with Crippen LogP contribution in [-0.2, 0) is 41.8 Å². The number of nitrogens with one attached hydrogen (secondary N) is 4. The third-order valence-electron chi connectivity index (χ3n) is 5.38. The molecule has 0 spiro atoms. The first-order valence-electron chi connectivity index (χ1n) is 13.4. The van der Waals surface area contributed by atoms with E-state index in [2.05, 4.69) is 29.7 Å². The van der Waals surface area contributed by atoms with Crippen LogP contribution in [0.4, 0.5) is 5.13 Å². The smallest absolute Gasteiger partial charge is 0.328 e. The van der Waals surface area contributed by atoms with Gasteiger partial charge in [0.1, 0.15) is 5.69 Å². The van der Waals surface area contributed by atoms with Crippen molar-refractivity contribution in [2.75, 3.05) is 25.9 Å². The van der Waals surface area contributed by atoms with Crippen molar-refractivity contribution in [2.24, 2.45) is 16.5 Å². The van der Waals surface area contributed by atoms with E-state index in [0.29, 0.717) is 41.8 Å². The Morgan fingerprint density at radius 1 is 1.04 bits per heavy atom. The van der Waals surface area contributed by atoms with Crippen molar-refractivity contribution < 1.29 is 41.6 Å². The number of guanidine groups is 2. The van der Waals surface area contributed by atoms with Crippen LogP contribution >= 0.6 is 23.1 Å². The lowest BCUT2D eigenvalue weighted by molar-refractivity contribution is -0.355. The lowest BCUT2D eigenvalue weighted by atomic mass is 10.2. The average molecular weight is 727 g/mol. The van der Waals surface area contributed by atoms with Gasteiger partial charge in [-0.1, -0.05) is 47.7 Å². The van der Waals surface area contributed by atoms with Gasteiger partial charge in [0.2, 0.25) is 16.0 Å². The molecule has 0 saturated heterocycles. The molecule has 9 N–H and O–H groups in total. The summed E-state index contributed by atoms with van der Waals surface area (Å²) in [4.78, 5) is 29.7. The number of carboxylic acid groups (broad SMARTS) is 2. The molecule has 0 atom stereocenters. The Hall–Kier alpha value is -4.50. The number of thioether (sulfide) groups is 1. The highest BCUT2D eigenvalue weighted by Crippen LogP contribution is 2.17. The third kappa shape index (κ3) is 15.1. The van der Waals surface area contributed by atoms with E-state index in [1.54, 1.807) is 11.8 Å². The molecule has 0 aliphatic heterocycles. The number of carbonyl (C=O) groups is 2. The lowest BCUT2D eigenvalue weighted by Crippen LogP contribution is -2.72. The SMILES string of the molecule is CN=C(NCCSCc1csc([NH+]=C(N)N)n1)NS(=O)(=O)c1cccc(S(=O)(=O)NCCc2ccccc2)c1.O=C([O-])/C=C/C(=O)O. The minimum atomic E-state index is -4.09. The number of carboxylic acids is 2. The Morgan fingerprint density at radius 2 is 1.72 bits per heavy atom. The van der Waals surface area contributed by atoms with Crippen molar-refractivity contribution in [3.63, 3.8) is 0 Å². The van der Waals surface area contributed by atoms with Crippen molar-refractivity contribution in [3.8, 4) is 0 Å². The van der Waals surface area contributed by atoms with Gasteiger partial charge in [-0.15, -0.1) is 4.98 Å². The van der Waals surface area contributed by atoms with Crippen LogP contribution < -0.4 is 36.3 Å². The Labute approximate surface area is 280 Å². The summed E-state index contributed by atoms with van der Waals surface area (Å²) >= 11 is 2.98. The van der Waals surface area contributed by atoms with Crippen LogP contribution in [0.1, 0.15) is 11.3 Å². The van der Waals surface area contributed by atoms with Gasteiger partial charge >= 0.3 is 11.9 Å². The second-order valence-electron chi connectivity index (χ2n) is 8.98. The molecule has 2 aromatic carbocycles. The molecule has 1 heterocycles. The first-order valence-corrected chi connectivity index (χ1v) is 18.4. The molecule has 47 heavy (non-hydrogen) atoms. The van der Waals surface area contributed by atoms with E-state index < -0.39 is 32.0 Å². The number of hydrogen-bond acceptors (Lipinski definition) is 11. The standard InChI is InChI=1S/C23H30N8O4S4.C4H4O4/c1-26-22(27-12-13-36-15-18-16-37-23(29-18)30-21(24)25)31-39(34,35)20-9-5-8-19(14-20)38(32,33)28-11-10-17-6-3-2-4-7-17;5-3(6)1-2-4(7)8/h2-9,14,16,28H,10-13,15H2,1H3,(H2,26,27,31)(H4,24,25,29,30);1-2H,(H,5,6)(H,7,8)/b;2-1+. The Kier molecular flexibility index (Phi) is 15.8. The minimum Gasteiger partial charge on any atom is -0.545 e. The number of hydrogen-bond donors (Lipinski definition) is 7. The molecule has 0 amide bonds. The molecule has 1 aromatic heterocycles. The maximum atomic E-state index is 12.9. The summed E-state index contributed by atoms with van der Waals surface area (Å²) < 4.78 is 56.3. The molecule has 0 fully saturated rings. The number of sulfonamides is 2. The van der Waals surface area contributed by atoms with E-state index >= 15 is 0 Å². The first kappa shape index (κ1) is 38.7. The summed E-state index contributed by atoms with van der Waals surface area (Å²) in [5.41, 5.74) is 12.7. The zero-order chi connectivity index (χ0) is 34.9. The monoisotopic (exact) mass is 726 g/mol. The lowest BCUT2D eigenvalue weighted by Gasteiger charge is -2.13. The molecule has 0 radical (unpaired) electrons. The van der Waals surface area contributed by atoms with Crippen LogP contribution in [0.25, 0.3) is 0 Å². The quantitative estimate of drug-likeness (QED) is 0.0380. The summed E-state index contributed by atoms with van der Waals surface area (Å²) in [6, 6.07) is 14.6. The molecule has 0 bridgehead atoms. The molecular weight excluding hydrogens is 693 g/mol. The number of thiazole rings is 1. The molecule has 0 unspecified atom stereocenters. The largest absolute Gasteiger partial charge is 0.545 e. The molecular formula is C27H34N8O8S4. The van der Waals surface area contributed by atoms with Gasteiger partial charge in [-0.3, -0.25) is 4.99 Å². The molecule has 16 nitrogen and oxygen atoms in total. The fraction of sp³-hybridized carbons (Fsp3) is 0.222. The van der Waals surface area contributed by atoms with E-state index in [0.717, 1.165) is 17.3 Å². The first-order chi connectivity index (χ1) is 22.2. The molecule has 3 rings (SSSR count). The molecule has 20 heteroatoms. The van der Waals surface area contributed by atoms with Gasteiger partial charge in [0.25, 0.3) is 15.2 Å². The zero-order valence-corrected chi connectivity index (χ0v) is 28.2. The second kappa shape index (κ2) is 19.2. The van der Waals surface area contributed by atoms with Gasteiger partial charge < -0.3 is 31.8 Å². The van der Waals surface area contributed by atoms with Crippen molar-refractivity contribution in [2.45, 2.75) is 22.0 Å². The fourth-order valence-corrected chi connectivity index (χ4v) is 7.14. The number of aliphatic imine (C=N–C) groups is 1. The fourth-order valence-electron chi connectivity index (χ4n) is 3.33. The second-order valence-corrected chi connectivity index (χ2v) is 14.4. The summed E-state index contributed by atoms with van der Waals surface area (Å²) in [5.74, 6) is -1.39. The van der Waals surface area contributed by atoms with Gasteiger partial charge in [0, 0.05) is 43.1 Å². The maximum absolute atomic E-state index is 12.9. The normalized spacial score (nSPS) is 11.7. The van der Waals surface area contributed by atoms with E-state index in [4.69, 9.17) is 16.6 Å². The number of carbonyl (C=O) groups excluding carboxylic acids is 1. The van der Waals surface area contributed by atoms with Gasteiger partial charge in [0.05, 0.1) is 15.8 Å². The van der Waals surface area contributed by atoms with E-state index in [1.807, 2.05) is 35.7 Å². The van der Waals surface area contributed by atoms with Gasteiger partial charge in [-0.2, -0.15) is 11.8 Å². The molecule has 254 valence electrons. The summed E-state index contributed by atoms with van der Waals surface area (Å²) in [6.45, 7) is 0.607. The van der Waals surface area contributed by atoms with Crippen molar-refractivity contribution >= 4 is 72.1 Å². The van der Waals surface area contributed by atoms with E-state index in [-0.39, 0.29) is 28.3 Å². The van der Waals surface area contributed by atoms with Crippen molar-refractivity contribution in [1.82, 2.24) is 19.7 Å². The molecule has 0 saturated carbocycles. The average Bonchev–Trinajstić information content (AvgIpc) is 3.46. The minimum absolute atomic E-state index is 0.0407. The summed E-state index contributed by atoms with van der Waals surface area (Å²) in [6.07, 6.45) is 1.45. The van der Waals surface area contributed by atoms with Crippen LogP contribution in [0.3, 0.4) is 0 Å². The van der Waals surface area contributed by atoms with Gasteiger partial charge in [-0.25, -0.2) is 36.1 Å². The molecule has 0 aliphatic carbocycles. The maximum Gasteiger partial charge on any atom is 0.328 e. The predicted octanol–water partition coefficient (Wildman–Crippen LogP) is -2.19. The Morgan fingerprint density at radius 3 is 2.32 bits per heavy atom. The molecule has 3 aromatic rings. The summed E-state index contributed by atoms with van der Waals surface area (Å²) in [5, 5.41) is 22.7. The number of benzene rings is 2. The highest BCUT2D eigenvalue weighted by atomic mass is 32.2. The Balaban J connectivity index is 0.000000849. The van der Waals surface area contributed by atoms with Crippen LogP contribution in [0, 0.1) is 0 Å². The van der Waals surface area contributed by atoms with E-state index in [9.17, 15) is 31.5 Å². The highest BCUT2D eigenvalue weighted by Gasteiger charge is 2.21. The van der Waals surface area contributed by atoms with Crippen molar-refractivity contribution in [1.29, 1.82) is 0 Å². The van der Waals surface area contributed by atoms with Gasteiger partial charge in [-0.05, 0) is 36.3 Å². The van der Waals surface area contributed by atoms with Crippen LogP contribution in [0.2, 0.25) is 0 Å². The van der Waals surface area contributed by atoms with Crippen LogP contribution in [0.15, 0.2) is 86.9 Å². The number of aliphatic carboxylic acids is 2.